The standard InChI is InChI=1S/C17H18BrNO2/c1-21-16-3-2-13-4-5-17(20,9-14(13)7-16)8-12-6-15(18)11-19-10-12/h2-3,6-7,10-11,20H,4-5,8-9H2,1H3. The Labute approximate surface area is 133 Å². The molecule has 1 atom stereocenters. The molecule has 1 aromatic carbocycles. The van der Waals surface area contributed by atoms with Crippen LogP contribution in [0.25, 0.3) is 0 Å². The van der Waals surface area contributed by atoms with Gasteiger partial charge < -0.3 is 9.84 Å². The van der Waals surface area contributed by atoms with Crippen molar-refractivity contribution in [1.82, 2.24) is 4.98 Å². The first-order chi connectivity index (χ1) is 10.1. The van der Waals surface area contributed by atoms with Gasteiger partial charge in [0.2, 0.25) is 0 Å². The summed E-state index contributed by atoms with van der Waals surface area (Å²) in [6, 6.07) is 8.15. The molecule has 1 aromatic heterocycles. The molecule has 3 rings (SSSR count). The van der Waals surface area contributed by atoms with Crippen LogP contribution in [0.2, 0.25) is 0 Å². The number of aromatic nitrogens is 1. The van der Waals surface area contributed by atoms with E-state index in [1.54, 1.807) is 13.3 Å². The zero-order valence-corrected chi connectivity index (χ0v) is 13.6. The number of benzene rings is 1. The Kier molecular flexibility index (Phi) is 4.00. The first-order valence-electron chi connectivity index (χ1n) is 7.06. The Hall–Kier alpha value is -1.39. The van der Waals surface area contributed by atoms with E-state index in [4.69, 9.17) is 4.74 Å². The van der Waals surface area contributed by atoms with Crippen molar-refractivity contribution >= 4 is 15.9 Å². The van der Waals surface area contributed by atoms with Crippen LogP contribution in [0.5, 0.6) is 5.75 Å². The highest BCUT2D eigenvalue weighted by atomic mass is 79.9. The predicted octanol–water partition coefficient (Wildman–Crippen LogP) is 3.32. The van der Waals surface area contributed by atoms with Gasteiger partial charge in [-0.1, -0.05) is 6.07 Å². The van der Waals surface area contributed by atoms with Crippen molar-refractivity contribution in [2.45, 2.75) is 31.3 Å². The molecule has 1 unspecified atom stereocenters. The monoisotopic (exact) mass is 347 g/mol. The average Bonchev–Trinajstić information content (AvgIpc) is 2.46. The molecule has 0 aliphatic heterocycles. The zero-order valence-electron chi connectivity index (χ0n) is 12.0. The van der Waals surface area contributed by atoms with Crippen LogP contribution < -0.4 is 4.74 Å². The molecule has 0 amide bonds. The maximum absolute atomic E-state index is 10.9. The van der Waals surface area contributed by atoms with E-state index in [0.29, 0.717) is 12.8 Å². The maximum atomic E-state index is 10.9. The number of hydrogen-bond donors (Lipinski definition) is 1. The lowest BCUT2D eigenvalue weighted by Gasteiger charge is -2.34. The SMILES string of the molecule is COc1ccc2c(c1)CC(O)(Cc1cncc(Br)c1)CC2. The van der Waals surface area contributed by atoms with Crippen LogP contribution in [0.15, 0.2) is 41.1 Å². The van der Waals surface area contributed by atoms with Crippen molar-refractivity contribution < 1.29 is 9.84 Å². The van der Waals surface area contributed by atoms with Crippen LogP contribution in [0, 0.1) is 0 Å². The molecule has 0 fully saturated rings. The maximum Gasteiger partial charge on any atom is 0.119 e. The topological polar surface area (TPSA) is 42.4 Å². The molecule has 1 aliphatic carbocycles. The fourth-order valence-corrected chi connectivity index (χ4v) is 3.44. The molecule has 1 heterocycles. The lowest BCUT2D eigenvalue weighted by molar-refractivity contribution is 0.0266. The molecule has 1 N–H and O–H groups in total. The largest absolute Gasteiger partial charge is 0.497 e. The van der Waals surface area contributed by atoms with E-state index < -0.39 is 5.60 Å². The summed E-state index contributed by atoms with van der Waals surface area (Å²) >= 11 is 3.43. The number of fused-ring (bicyclic) bond motifs is 1. The minimum Gasteiger partial charge on any atom is -0.497 e. The summed E-state index contributed by atoms with van der Waals surface area (Å²) in [5.74, 6) is 0.849. The van der Waals surface area contributed by atoms with Gasteiger partial charge in [-0.3, -0.25) is 4.98 Å². The van der Waals surface area contributed by atoms with Crippen molar-refractivity contribution in [3.05, 3.63) is 57.8 Å². The van der Waals surface area contributed by atoms with Crippen LogP contribution in [0.3, 0.4) is 0 Å². The number of hydrogen-bond acceptors (Lipinski definition) is 3. The Morgan fingerprint density at radius 2 is 2.14 bits per heavy atom. The van der Waals surface area contributed by atoms with Gasteiger partial charge in [-0.2, -0.15) is 0 Å². The molecule has 0 bridgehead atoms. The smallest absolute Gasteiger partial charge is 0.119 e. The molecular weight excluding hydrogens is 330 g/mol. The third-order valence-corrected chi connectivity index (χ3v) is 4.52. The number of ether oxygens (including phenoxy) is 1. The van der Waals surface area contributed by atoms with Gasteiger partial charge in [0, 0.05) is 29.7 Å². The van der Waals surface area contributed by atoms with Gasteiger partial charge >= 0.3 is 0 Å². The quantitative estimate of drug-likeness (QED) is 0.925. The average molecular weight is 348 g/mol. The number of aryl methyl sites for hydroxylation is 1. The third kappa shape index (κ3) is 3.27. The van der Waals surface area contributed by atoms with E-state index in [9.17, 15) is 5.11 Å². The van der Waals surface area contributed by atoms with E-state index >= 15 is 0 Å². The van der Waals surface area contributed by atoms with Crippen molar-refractivity contribution in [3.63, 3.8) is 0 Å². The van der Waals surface area contributed by atoms with Gasteiger partial charge in [-0.25, -0.2) is 0 Å². The normalized spacial score (nSPS) is 20.9. The minimum absolute atomic E-state index is 0.621. The third-order valence-electron chi connectivity index (χ3n) is 4.09. The van der Waals surface area contributed by atoms with Crippen LogP contribution in [-0.2, 0) is 19.3 Å². The van der Waals surface area contributed by atoms with Crippen LogP contribution >= 0.6 is 15.9 Å². The van der Waals surface area contributed by atoms with E-state index in [0.717, 1.165) is 28.6 Å². The van der Waals surface area contributed by atoms with Crippen LogP contribution in [-0.4, -0.2) is 22.8 Å². The van der Waals surface area contributed by atoms with Gasteiger partial charge in [0.25, 0.3) is 0 Å². The summed E-state index contributed by atoms with van der Waals surface area (Å²) in [6.07, 6.45) is 6.54. The Bertz CT molecular complexity index is 659. The number of nitrogens with zero attached hydrogens (tertiary/aromatic N) is 1. The summed E-state index contributed by atoms with van der Waals surface area (Å²) in [5, 5.41) is 10.9. The van der Waals surface area contributed by atoms with Crippen LogP contribution in [0.4, 0.5) is 0 Å². The van der Waals surface area contributed by atoms with Crippen molar-refractivity contribution in [1.29, 1.82) is 0 Å². The van der Waals surface area contributed by atoms with Gasteiger partial charge in [-0.05, 0) is 63.7 Å². The summed E-state index contributed by atoms with van der Waals surface area (Å²) < 4.78 is 6.23. The lowest BCUT2D eigenvalue weighted by Crippen LogP contribution is -2.38. The molecule has 4 heteroatoms. The number of aliphatic hydroxyl groups is 1. The molecule has 21 heavy (non-hydrogen) atoms. The molecule has 0 radical (unpaired) electrons. The second kappa shape index (κ2) is 5.78. The first kappa shape index (κ1) is 14.5. The van der Waals surface area contributed by atoms with Gasteiger partial charge in [-0.15, -0.1) is 0 Å². The Morgan fingerprint density at radius 3 is 2.90 bits per heavy atom. The molecule has 0 spiro atoms. The van der Waals surface area contributed by atoms with Gasteiger partial charge in [0.15, 0.2) is 0 Å². The molecule has 0 saturated carbocycles. The van der Waals surface area contributed by atoms with Gasteiger partial charge in [0.1, 0.15) is 5.75 Å². The number of methoxy groups -OCH3 is 1. The van der Waals surface area contributed by atoms with E-state index in [1.807, 2.05) is 24.4 Å². The first-order valence-corrected chi connectivity index (χ1v) is 7.85. The summed E-state index contributed by atoms with van der Waals surface area (Å²) in [7, 11) is 1.67. The summed E-state index contributed by atoms with van der Waals surface area (Å²) in [5.41, 5.74) is 2.85. The summed E-state index contributed by atoms with van der Waals surface area (Å²) in [4.78, 5) is 4.17. The highest BCUT2D eigenvalue weighted by molar-refractivity contribution is 9.10. The van der Waals surface area contributed by atoms with E-state index in [1.165, 1.54) is 11.1 Å². The second-order valence-electron chi connectivity index (χ2n) is 5.72. The number of rotatable bonds is 3. The highest BCUT2D eigenvalue weighted by Gasteiger charge is 2.32. The number of halogens is 1. The van der Waals surface area contributed by atoms with Crippen molar-refractivity contribution in [2.24, 2.45) is 0 Å². The predicted molar refractivity (Wildman–Crippen MR) is 85.6 cm³/mol. The molecule has 2 aromatic rings. The Morgan fingerprint density at radius 1 is 1.29 bits per heavy atom. The molecular formula is C17H18BrNO2. The van der Waals surface area contributed by atoms with Gasteiger partial charge in [0.05, 0.1) is 12.7 Å². The lowest BCUT2D eigenvalue weighted by atomic mass is 9.77. The minimum atomic E-state index is -0.707. The zero-order chi connectivity index (χ0) is 14.9. The fourth-order valence-electron chi connectivity index (χ4n) is 3.03. The van der Waals surface area contributed by atoms with Crippen LogP contribution in [0.1, 0.15) is 23.1 Å². The molecule has 3 nitrogen and oxygen atoms in total. The van der Waals surface area contributed by atoms with Crippen molar-refractivity contribution in [3.8, 4) is 5.75 Å². The molecule has 110 valence electrons. The molecule has 0 saturated heterocycles. The fraction of sp³-hybridized carbons (Fsp3) is 0.353. The Balaban J connectivity index is 1.83. The molecule has 1 aliphatic rings. The van der Waals surface area contributed by atoms with E-state index in [2.05, 4.69) is 27.0 Å². The number of pyridine rings is 1. The van der Waals surface area contributed by atoms with E-state index in [-0.39, 0.29) is 0 Å². The summed E-state index contributed by atoms with van der Waals surface area (Å²) in [6.45, 7) is 0. The second-order valence-corrected chi connectivity index (χ2v) is 6.64. The van der Waals surface area contributed by atoms with Crippen molar-refractivity contribution in [2.75, 3.05) is 7.11 Å². The highest BCUT2D eigenvalue weighted by Crippen LogP contribution is 2.33.